The highest BCUT2D eigenvalue weighted by Gasteiger charge is 2.37. The van der Waals surface area contributed by atoms with Crippen molar-refractivity contribution in [3.63, 3.8) is 0 Å². The van der Waals surface area contributed by atoms with E-state index in [2.05, 4.69) is 0 Å². The average Bonchev–Trinajstić information content (AvgIpc) is 2.88. The molecule has 1 aromatic rings. The Labute approximate surface area is 166 Å². The standard InChI is InChI=1S/C18H20ClNO6S/c1-5-10(2)26-15(21)9-20-17(22)14(27-18(20)23)8-11-6-12(19)16(25-4)13(7-11)24-3/h6-8,10H,5,9H2,1-4H3/b14-8-/t10-/m1/s1. The number of halogens is 1. The van der Waals surface area contributed by atoms with Crippen LogP contribution in [0, 0.1) is 0 Å². The Bertz CT molecular complexity index is 794. The van der Waals surface area contributed by atoms with Gasteiger partial charge in [-0.1, -0.05) is 18.5 Å². The van der Waals surface area contributed by atoms with Gasteiger partial charge in [-0.05, 0) is 48.9 Å². The molecule has 2 amide bonds. The minimum absolute atomic E-state index is 0.180. The van der Waals surface area contributed by atoms with Crippen LogP contribution in [0.5, 0.6) is 11.5 Å². The third kappa shape index (κ3) is 4.95. The summed E-state index contributed by atoms with van der Waals surface area (Å²) in [6.07, 6.45) is 1.88. The van der Waals surface area contributed by atoms with Crippen LogP contribution < -0.4 is 9.47 Å². The average molecular weight is 414 g/mol. The molecule has 27 heavy (non-hydrogen) atoms. The van der Waals surface area contributed by atoms with Crippen LogP contribution in [0.25, 0.3) is 6.08 Å². The summed E-state index contributed by atoms with van der Waals surface area (Å²) in [5, 5.41) is -0.224. The van der Waals surface area contributed by atoms with Crippen molar-refractivity contribution in [3.05, 3.63) is 27.6 Å². The summed E-state index contributed by atoms with van der Waals surface area (Å²) in [7, 11) is 2.93. The van der Waals surface area contributed by atoms with Crippen molar-refractivity contribution in [2.45, 2.75) is 26.4 Å². The smallest absolute Gasteiger partial charge is 0.326 e. The van der Waals surface area contributed by atoms with Gasteiger partial charge in [-0.2, -0.15) is 0 Å². The first-order chi connectivity index (χ1) is 12.8. The van der Waals surface area contributed by atoms with Crippen LogP contribution in [0.3, 0.4) is 0 Å². The van der Waals surface area contributed by atoms with E-state index in [1.165, 1.54) is 20.3 Å². The third-order valence-electron chi connectivity index (χ3n) is 3.82. The van der Waals surface area contributed by atoms with Gasteiger partial charge < -0.3 is 14.2 Å². The topological polar surface area (TPSA) is 82.1 Å². The van der Waals surface area contributed by atoms with Gasteiger partial charge in [-0.25, -0.2) is 0 Å². The fourth-order valence-corrected chi connectivity index (χ4v) is 3.42. The van der Waals surface area contributed by atoms with Gasteiger partial charge in [0.25, 0.3) is 11.1 Å². The van der Waals surface area contributed by atoms with Crippen molar-refractivity contribution in [1.82, 2.24) is 4.90 Å². The van der Waals surface area contributed by atoms with Crippen LogP contribution in [0.1, 0.15) is 25.8 Å². The number of carbonyl (C=O) groups is 3. The Kier molecular flexibility index (Phi) is 7.15. The molecule has 2 rings (SSSR count). The third-order valence-corrected chi connectivity index (χ3v) is 5.01. The van der Waals surface area contributed by atoms with E-state index in [1.807, 2.05) is 6.92 Å². The lowest BCUT2D eigenvalue weighted by molar-refractivity contribution is -0.150. The second-order valence-electron chi connectivity index (χ2n) is 5.71. The van der Waals surface area contributed by atoms with Gasteiger partial charge in [0.1, 0.15) is 6.54 Å². The maximum Gasteiger partial charge on any atom is 0.326 e. The number of esters is 1. The first-order valence-corrected chi connectivity index (χ1v) is 9.36. The molecule has 0 radical (unpaired) electrons. The van der Waals surface area contributed by atoms with E-state index in [0.717, 1.165) is 16.7 Å². The van der Waals surface area contributed by atoms with Crippen LogP contribution >= 0.6 is 23.4 Å². The number of ether oxygens (including phenoxy) is 3. The zero-order valence-corrected chi connectivity index (χ0v) is 17.0. The van der Waals surface area contributed by atoms with E-state index in [9.17, 15) is 14.4 Å². The van der Waals surface area contributed by atoms with Crippen molar-refractivity contribution in [2.75, 3.05) is 20.8 Å². The number of amides is 2. The van der Waals surface area contributed by atoms with E-state index >= 15 is 0 Å². The molecule has 1 fully saturated rings. The number of rotatable bonds is 7. The lowest BCUT2D eigenvalue weighted by Crippen LogP contribution is -2.35. The predicted molar refractivity (Wildman–Crippen MR) is 103 cm³/mol. The zero-order valence-electron chi connectivity index (χ0n) is 15.4. The Morgan fingerprint density at radius 1 is 1.30 bits per heavy atom. The van der Waals surface area contributed by atoms with E-state index in [0.29, 0.717) is 28.5 Å². The first kappa shape index (κ1) is 21.1. The number of thioether (sulfide) groups is 1. The molecule has 0 spiro atoms. The van der Waals surface area contributed by atoms with Gasteiger partial charge in [0.15, 0.2) is 11.5 Å². The van der Waals surface area contributed by atoms with E-state index in [1.54, 1.807) is 19.1 Å². The van der Waals surface area contributed by atoms with Crippen LogP contribution in [0.15, 0.2) is 17.0 Å². The van der Waals surface area contributed by atoms with Gasteiger partial charge in [0.2, 0.25) is 0 Å². The molecule has 0 aliphatic carbocycles. The van der Waals surface area contributed by atoms with Gasteiger partial charge >= 0.3 is 5.97 Å². The minimum atomic E-state index is -0.623. The highest BCUT2D eigenvalue weighted by Crippen LogP contribution is 2.38. The molecule has 1 atom stereocenters. The molecular formula is C18H20ClNO6S. The number of hydrogen-bond acceptors (Lipinski definition) is 7. The second-order valence-corrected chi connectivity index (χ2v) is 7.12. The SMILES string of the molecule is CC[C@@H](C)OC(=O)CN1C(=O)S/C(=C\c2cc(Cl)c(OC)c(OC)c2)C1=O. The number of carbonyl (C=O) groups excluding carboxylic acids is 3. The molecule has 1 aliphatic heterocycles. The molecule has 0 aromatic heterocycles. The number of nitrogens with zero attached hydrogens (tertiary/aromatic N) is 1. The van der Waals surface area contributed by atoms with Gasteiger partial charge in [-0.3, -0.25) is 19.3 Å². The molecule has 0 bridgehead atoms. The van der Waals surface area contributed by atoms with Crippen molar-refractivity contribution < 1.29 is 28.6 Å². The number of benzene rings is 1. The van der Waals surface area contributed by atoms with Crippen LogP contribution in [0.2, 0.25) is 5.02 Å². The normalized spacial score (nSPS) is 16.6. The molecule has 0 N–H and O–H groups in total. The van der Waals surface area contributed by atoms with E-state index in [-0.39, 0.29) is 11.0 Å². The maximum atomic E-state index is 12.5. The van der Waals surface area contributed by atoms with Gasteiger partial charge in [0.05, 0.1) is 30.3 Å². The van der Waals surface area contributed by atoms with Crippen molar-refractivity contribution in [2.24, 2.45) is 0 Å². The minimum Gasteiger partial charge on any atom is -0.493 e. The largest absolute Gasteiger partial charge is 0.493 e. The lowest BCUT2D eigenvalue weighted by Gasteiger charge is -2.14. The molecule has 0 saturated carbocycles. The summed E-state index contributed by atoms with van der Waals surface area (Å²) in [5.41, 5.74) is 0.560. The quantitative estimate of drug-likeness (QED) is 0.497. The summed E-state index contributed by atoms with van der Waals surface area (Å²) in [5.74, 6) is -0.413. The molecule has 1 heterocycles. The highest BCUT2D eigenvalue weighted by molar-refractivity contribution is 8.18. The second kappa shape index (κ2) is 9.14. The summed E-state index contributed by atoms with van der Waals surface area (Å²) in [4.78, 5) is 37.5. The summed E-state index contributed by atoms with van der Waals surface area (Å²) in [6.45, 7) is 3.19. The fraction of sp³-hybridized carbons (Fsp3) is 0.389. The fourth-order valence-electron chi connectivity index (χ4n) is 2.28. The van der Waals surface area contributed by atoms with E-state index in [4.69, 9.17) is 25.8 Å². The van der Waals surface area contributed by atoms with Gasteiger partial charge in [0, 0.05) is 0 Å². The molecule has 7 nitrogen and oxygen atoms in total. The Hall–Kier alpha value is -2.19. The zero-order chi connectivity index (χ0) is 20.1. The van der Waals surface area contributed by atoms with Crippen molar-refractivity contribution in [3.8, 4) is 11.5 Å². The molecule has 1 aromatic carbocycles. The monoisotopic (exact) mass is 413 g/mol. The highest BCUT2D eigenvalue weighted by atomic mass is 35.5. The summed E-state index contributed by atoms with van der Waals surface area (Å²) < 4.78 is 15.5. The Morgan fingerprint density at radius 3 is 2.59 bits per heavy atom. The van der Waals surface area contributed by atoms with Crippen LogP contribution in [0.4, 0.5) is 4.79 Å². The van der Waals surface area contributed by atoms with Crippen molar-refractivity contribution >= 4 is 46.6 Å². The Balaban J connectivity index is 2.21. The van der Waals surface area contributed by atoms with Crippen molar-refractivity contribution in [1.29, 1.82) is 0 Å². The Morgan fingerprint density at radius 2 is 2.00 bits per heavy atom. The summed E-state index contributed by atoms with van der Waals surface area (Å²) >= 11 is 6.91. The summed E-state index contributed by atoms with van der Waals surface area (Å²) in [6, 6.07) is 3.23. The maximum absolute atomic E-state index is 12.5. The van der Waals surface area contributed by atoms with E-state index < -0.39 is 23.7 Å². The van der Waals surface area contributed by atoms with Crippen LogP contribution in [-0.2, 0) is 14.3 Å². The van der Waals surface area contributed by atoms with Gasteiger partial charge in [-0.15, -0.1) is 0 Å². The molecule has 9 heteroatoms. The molecule has 1 aliphatic rings. The number of methoxy groups -OCH3 is 2. The number of imide groups is 1. The predicted octanol–water partition coefficient (Wildman–Crippen LogP) is 3.74. The van der Waals surface area contributed by atoms with Crippen LogP contribution in [-0.4, -0.2) is 48.9 Å². The molecular weight excluding hydrogens is 394 g/mol. The number of hydrogen-bond donors (Lipinski definition) is 0. The molecule has 0 unspecified atom stereocenters. The molecule has 1 saturated heterocycles. The first-order valence-electron chi connectivity index (χ1n) is 8.17. The molecule has 146 valence electrons. The lowest BCUT2D eigenvalue weighted by atomic mass is 10.2.